The lowest BCUT2D eigenvalue weighted by Gasteiger charge is -2.23. The first-order chi connectivity index (χ1) is 7.92. The molecule has 0 atom stereocenters. The van der Waals surface area contributed by atoms with Gasteiger partial charge in [-0.3, -0.25) is 0 Å². The van der Waals surface area contributed by atoms with Crippen molar-refractivity contribution >= 4 is 11.8 Å². The van der Waals surface area contributed by atoms with Gasteiger partial charge in [0.1, 0.15) is 11.5 Å². The molecule has 0 aliphatic heterocycles. The molecular weight excluding hydrogens is 234 g/mol. The average molecular weight is 255 g/mol. The Balaban J connectivity index is 3.30. The molecule has 1 rings (SSSR count). The quantitative estimate of drug-likeness (QED) is 0.822. The Morgan fingerprint density at radius 2 is 1.71 bits per heavy atom. The first-order valence-corrected chi connectivity index (χ1v) is 6.72. The van der Waals surface area contributed by atoms with Crippen LogP contribution < -0.4 is 15.2 Å². The molecule has 0 radical (unpaired) electrons. The van der Waals surface area contributed by atoms with Crippen molar-refractivity contribution in [1.82, 2.24) is 0 Å². The van der Waals surface area contributed by atoms with E-state index in [2.05, 4.69) is 0 Å². The lowest BCUT2D eigenvalue weighted by atomic mass is 9.95. The van der Waals surface area contributed by atoms with Gasteiger partial charge in [-0.05, 0) is 38.7 Å². The Hall–Kier alpha value is -0.870. The number of thioether (sulfide) groups is 1. The Labute approximate surface area is 108 Å². The molecule has 2 N–H and O–H groups in total. The van der Waals surface area contributed by atoms with Crippen molar-refractivity contribution in [1.29, 1.82) is 0 Å². The number of benzene rings is 1. The van der Waals surface area contributed by atoms with Crippen LogP contribution in [0.2, 0.25) is 0 Å². The summed E-state index contributed by atoms with van der Waals surface area (Å²) in [6.45, 7) is 4.02. The summed E-state index contributed by atoms with van der Waals surface area (Å²) in [5, 5.41) is 0. The molecule has 1 aromatic rings. The first kappa shape index (κ1) is 14.2. The topological polar surface area (TPSA) is 44.5 Å². The minimum Gasteiger partial charge on any atom is -0.496 e. The van der Waals surface area contributed by atoms with E-state index in [1.165, 1.54) is 0 Å². The summed E-state index contributed by atoms with van der Waals surface area (Å²) in [6, 6.07) is 3.86. The summed E-state index contributed by atoms with van der Waals surface area (Å²) in [5.74, 6) is 1.74. The van der Waals surface area contributed by atoms with E-state index in [0.29, 0.717) is 0 Å². The van der Waals surface area contributed by atoms with Crippen LogP contribution in [0.25, 0.3) is 0 Å². The second kappa shape index (κ2) is 5.65. The molecule has 0 fully saturated rings. The van der Waals surface area contributed by atoms with Crippen LogP contribution in [0, 0.1) is 0 Å². The molecule has 0 heterocycles. The maximum Gasteiger partial charge on any atom is 0.132 e. The molecule has 0 saturated heterocycles. The summed E-state index contributed by atoms with van der Waals surface area (Å²) in [5.41, 5.74) is 6.94. The van der Waals surface area contributed by atoms with Crippen LogP contribution in [0.15, 0.2) is 17.0 Å². The zero-order chi connectivity index (χ0) is 13.1. The Morgan fingerprint density at radius 3 is 2.12 bits per heavy atom. The van der Waals surface area contributed by atoms with Gasteiger partial charge in [-0.1, -0.05) is 0 Å². The van der Waals surface area contributed by atoms with Gasteiger partial charge in [-0.15, -0.1) is 11.8 Å². The molecule has 0 aliphatic carbocycles. The third-order valence-electron chi connectivity index (χ3n) is 2.46. The van der Waals surface area contributed by atoms with Crippen LogP contribution in [0.1, 0.15) is 19.4 Å². The van der Waals surface area contributed by atoms with Crippen molar-refractivity contribution < 1.29 is 9.47 Å². The SMILES string of the molecule is COc1ccc(OC)c(SC)c1CC(C)(C)N. The van der Waals surface area contributed by atoms with Gasteiger partial charge in [0.15, 0.2) is 0 Å². The fraction of sp³-hybridized carbons (Fsp3) is 0.538. The largest absolute Gasteiger partial charge is 0.496 e. The summed E-state index contributed by atoms with van der Waals surface area (Å²) < 4.78 is 10.8. The lowest BCUT2D eigenvalue weighted by molar-refractivity contribution is 0.383. The highest BCUT2D eigenvalue weighted by atomic mass is 32.2. The van der Waals surface area contributed by atoms with E-state index in [-0.39, 0.29) is 5.54 Å². The van der Waals surface area contributed by atoms with Crippen molar-refractivity contribution in [2.45, 2.75) is 30.7 Å². The third kappa shape index (κ3) is 3.54. The highest BCUT2D eigenvalue weighted by Gasteiger charge is 2.20. The Morgan fingerprint density at radius 1 is 1.18 bits per heavy atom. The van der Waals surface area contributed by atoms with Crippen LogP contribution in [0.4, 0.5) is 0 Å². The van der Waals surface area contributed by atoms with Gasteiger partial charge in [0.25, 0.3) is 0 Å². The van der Waals surface area contributed by atoms with Gasteiger partial charge in [0.2, 0.25) is 0 Å². The van der Waals surface area contributed by atoms with E-state index in [9.17, 15) is 0 Å². The molecule has 1 aromatic carbocycles. The van der Waals surface area contributed by atoms with Crippen molar-refractivity contribution in [2.24, 2.45) is 5.73 Å². The molecule has 0 amide bonds. The predicted octanol–water partition coefficient (Wildman–Crippen LogP) is 2.71. The number of hydrogen-bond donors (Lipinski definition) is 1. The Kier molecular flexibility index (Phi) is 4.71. The summed E-state index contributed by atoms with van der Waals surface area (Å²) in [7, 11) is 3.36. The third-order valence-corrected chi connectivity index (χ3v) is 3.31. The van der Waals surface area contributed by atoms with Crippen LogP contribution in [0.5, 0.6) is 11.5 Å². The van der Waals surface area contributed by atoms with Gasteiger partial charge in [0, 0.05) is 11.1 Å². The summed E-state index contributed by atoms with van der Waals surface area (Å²) >= 11 is 1.66. The minimum absolute atomic E-state index is 0.274. The second-order valence-corrected chi connectivity index (χ2v) is 5.46. The average Bonchev–Trinajstić information content (AvgIpc) is 2.26. The van der Waals surface area contributed by atoms with E-state index in [4.69, 9.17) is 15.2 Å². The van der Waals surface area contributed by atoms with E-state index < -0.39 is 0 Å². The summed E-state index contributed by atoms with van der Waals surface area (Å²) in [4.78, 5) is 1.10. The second-order valence-electron chi connectivity index (χ2n) is 4.65. The molecule has 0 aromatic heterocycles. The van der Waals surface area contributed by atoms with Gasteiger partial charge in [-0.25, -0.2) is 0 Å². The van der Waals surface area contributed by atoms with Crippen LogP contribution >= 0.6 is 11.8 Å². The maximum atomic E-state index is 6.10. The van der Waals surface area contributed by atoms with E-state index in [0.717, 1.165) is 28.4 Å². The van der Waals surface area contributed by atoms with Crippen LogP contribution in [-0.2, 0) is 6.42 Å². The molecule has 0 saturated carbocycles. The van der Waals surface area contributed by atoms with E-state index in [1.54, 1.807) is 26.0 Å². The molecule has 17 heavy (non-hydrogen) atoms. The molecule has 0 spiro atoms. The molecule has 0 aliphatic rings. The summed E-state index contributed by atoms with van der Waals surface area (Å²) in [6.07, 6.45) is 2.79. The standard InChI is InChI=1S/C13H21NO2S/c1-13(2,14)8-9-10(15-3)6-7-11(16-4)12(9)17-5/h6-7H,8,14H2,1-5H3. The molecule has 96 valence electrons. The molecular formula is C13H21NO2S. The van der Waals surface area contributed by atoms with Crippen LogP contribution in [-0.4, -0.2) is 26.0 Å². The predicted molar refractivity (Wildman–Crippen MR) is 73.3 cm³/mol. The minimum atomic E-state index is -0.274. The highest BCUT2D eigenvalue weighted by Crippen LogP contribution is 2.38. The van der Waals surface area contributed by atoms with E-state index >= 15 is 0 Å². The Bertz CT molecular complexity index is 386. The van der Waals surface area contributed by atoms with Crippen molar-refractivity contribution in [3.05, 3.63) is 17.7 Å². The van der Waals surface area contributed by atoms with Gasteiger partial charge < -0.3 is 15.2 Å². The molecule has 4 heteroatoms. The van der Waals surface area contributed by atoms with Crippen molar-refractivity contribution in [2.75, 3.05) is 20.5 Å². The fourth-order valence-electron chi connectivity index (χ4n) is 1.79. The van der Waals surface area contributed by atoms with Gasteiger partial charge >= 0.3 is 0 Å². The normalized spacial score (nSPS) is 11.4. The van der Waals surface area contributed by atoms with Crippen LogP contribution in [0.3, 0.4) is 0 Å². The van der Waals surface area contributed by atoms with Gasteiger partial charge in [0.05, 0.1) is 19.1 Å². The lowest BCUT2D eigenvalue weighted by Crippen LogP contribution is -2.34. The number of hydrogen-bond acceptors (Lipinski definition) is 4. The highest BCUT2D eigenvalue weighted by molar-refractivity contribution is 7.98. The van der Waals surface area contributed by atoms with Crippen molar-refractivity contribution in [3.63, 3.8) is 0 Å². The number of methoxy groups -OCH3 is 2. The maximum absolute atomic E-state index is 6.10. The number of rotatable bonds is 5. The molecule has 3 nitrogen and oxygen atoms in total. The monoisotopic (exact) mass is 255 g/mol. The number of nitrogens with two attached hydrogens (primary N) is 1. The molecule has 0 bridgehead atoms. The van der Waals surface area contributed by atoms with Gasteiger partial charge in [-0.2, -0.15) is 0 Å². The zero-order valence-corrected chi connectivity index (χ0v) is 12.0. The molecule has 0 unspecified atom stereocenters. The number of ether oxygens (including phenoxy) is 2. The first-order valence-electron chi connectivity index (χ1n) is 5.49. The van der Waals surface area contributed by atoms with E-state index in [1.807, 2.05) is 32.2 Å². The van der Waals surface area contributed by atoms with Crippen molar-refractivity contribution in [3.8, 4) is 11.5 Å². The smallest absolute Gasteiger partial charge is 0.132 e. The zero-order valence-electron chi connectivity index (χ0n) is 11.2. The fourth-order valence-corrected chi connectivity index (χ4v) is 2.56.